The third-order valence-electron chi connectivity index (χ3n) is 8.18. The third kappa shape index (κ3) is 8.51. The molecule has 2 bridgehead atoms. The van der Waals surface area contributed by atoms with Crippen molar-refractivity contribution in [3.05, 3.63) is 88.6 Å². The highest BCUT2D eigenvalue weighted by Gasteiger charge is 2.26. The quantitative estimate of drug-likeness (QED) is 0.0829. The number of halogens is 3. The highest BCUT2D eigenvalue weighted by molar-refractivity contribution is 6.76. The Kier molecular flexibility index (Phi) is 10.9. The number of fused-ring (bicyclic) bond motifs is 4. The maximum Gasteiger partial charge on any atom is 0.309 e. The molecule has 1 amide bonds. The molecule has 4 aromatic rings. The maximum atomic E-state index is 14.8. The molecule has 0 saturated heterocycles. The van der Waals surface area contributed by atoms with E-state index >= 15 is 0 Å². The molecule has 3 heterocycles. The first-order valence-electron chi connectivity index (χ1n) is 15.7. The van der Waals surface area contributed by atoms with Gasteiger partial charge in [-0.15, -0.1) is 0 Å². The number of nitrogens with one attached hydrogen (secondary N) is 1. The van der Waals surface area contributed by atoms with Crippen LogP contribution >= 0.6 is 11.6 Å². The van der Waals surface area contributed by atoms with Crippen molar-refractivity contribution in [2.24, 2.45) is 0 Å². The molecule has 0 radical (unpaired) electrons. The minimum atomic E-state index is -1.32. The number of imidazole rings is 1. The maximum absolute atomic E-state index is 14.8. The van der Waals surface area contributed by atoms with E-state index in [9.17, 15) is 18.4 Å². The summed E-state index contributed by atoms with van der Waals surface area (Å²) in [6.45, 7) is 7.77. The fourth-order valence-electron chi connectivity index (χ4n) is 5.56. The molecule has 1 atom stereocenters. The van der Waals surface area contributed by atoms with E-state index in [1.807, 2.05) is 22.9 Å². The van der Waals surface area contributed by atoms with E-state index in [1.54, 1.807) is 18.2 Å². The largest absolute Gasteiger partial charge is 0.469 e. The van der Waals surface area contributed by atoms with Crippen LogP contribution in [-0.2, 0) is 32.2 Å². The zero-order chi connectivity index (χ0) is 33.7. The number of benzene rings is 2. The number of esters is 1. The van der Waals surface area contributed by atoms with Crippen LogP contribution in [0.4, 0.5) is 14.5 Å². The van der Waals surface area contributed by atoms with Crippen molar-refractivity contribution in [1.29, 1.82) is 0 Å². The predicted octanol–water partition coefficient (Wildman–Crippen LogP) is 8.22. The lowest BCUT2D eigenvalue weighted by Gasteiger charge is -2.20. The van der Waals surface area contributed by atoms with E-state index in [4.69, 9.17) is 26.1 Å². The fraction of sp³-hybridized carbons (Fsp3) is 0.371. The van der Waals surface area contributed by atoms with E-state index in [1.165, 1.54) is 19.4 Å². The summed E-state index contributed by atoms with van der Waals surface area (Å²) in [6.07, 6.45) is 5.69. The van der Waals surface area contributed by atoms with Crippen molar-refractivity contribution in [3.8, 4) is 22.4 Å². The topological polar surface area (TPSA) is 95.3 Å². The van der Waals surface area contributed by atoms with Gasteiger partial charge in [-0.2, -0.15) is 0 Å². The molecule has 47 heavy (non-hydrogen) atoms. The molecule has 1 aliphatic rings. The van der Waals surface area contributed by atoms with Crippen LogP contribution in [0.5, 0.6) is 0 Å². The average Bonchev–Trinajstić information content (AvgIpc) is 3.44. The van der Waals surface area contributed by atoms with Crippen LogP contribution in [0.1, 0.15) is 48.7 Å². The molecule has 2 aromatic carbocycles. The first-order chi connectivity index (χ1) is 22.4. The lowest BCUT2D eigenvalue weighted by Crippen LogP contribution is -2.22. The SMILES string of the molecule is COC(=O)Cc1ccc2c(c1)NC(=O)CCCCC(c1ccc(-c3c(F)ccc(Cl)c3F)cn1)c1nc-2cn1COCC[Si](C)(C)C. The molecule has 2 aromatic heterocycles. The third-order valence-corrected chi connectivity index (χ3v) is 10.2. The van der Waals surface area contributed by atoms with E-state index in [0.29, 0.717) is 60.5 Å². The Hall–Kier alpha value is -3.93. The van der Waals surface area contributed by atoms with E-state index in [2.05, 4.69) is 29.9 Å². The number of carbonyl (C=O) groups is 2. The van der Waals surface area contributed by atoms with Crippen LogP contribution in [0, 0.1) is 11.6 Å². The molecule has 248 valence electrons. The molecule has 5 rings (SSSR count). The van der Waals surface area contributed by atoms with Crippen molar-refractivity contribution in [3.63, 3.8) is 0 Å². The Morgan fingerprint density at radius 3 is 2.66 bits per heavy atom. The molecule has 1 aliphatic heterocycles. The predicted molar refractivity (Wildman–Crippen MR) is 181 cm³/mol. The second-order valence-corrected chi connectivity index (χ2v) is 19.0. The summed E-state index contributed by atoms with van der Waals surface area (Å²) < 4.78 is 42.4. The smallest absolute Gasteiger partial charge is 0.309 e. The number of nitrogens with zero attached hydrogens (tertiary/aromatic N) is 3. The lowest BCUT2D eigenvalue weighted by molar-refractivity contribution is -0.139. The molecule has 1 unspecified atom stereocenters. The van der Waals surface area contributed by atoms with Gasteiger partial charge in [-0.3, -0.25) is 14.6 Å². The molecule has 12 heteroatoms. The van der Waals surface area contributed by atoms with E-state index in [0.717, 1.165) is 17.9 Å². The van der Waals surface area contributed by atoms with Gasteiger partial charge < -0.3 is 19.4 Å². The molecule has 1 N–H and O–H groups in total. The number of carbonyl (C=O) groups excluding carboxylic acids is 2. The molecule has 0 saturated carbocycles. The highest BCUT2D eigenvalue weighted by Crippen LogP contribution is 2.36. The number of ether oxygens (including phenoxy) is 2. The highest BCUT2D eigenvalue weighted by atomic mass is 35.5. The van der Waals surface area contributed by atoms with Crippen molar-refractivity contribution in [1.82, 2.24) is 14.5 Å². The van der Waals surface area contributed by atoms with Gasteiger partial charge in [0.15, 0.2) is 5.82 Å². The van der Waals surface area contributed by atoms with Gasteiger partial charge in [-0.25, -0.2) is 13.8 Å². The number of rotatable bonds is 9. The molecule has 0 aliphatic carbocycles. The fourth-order valence-corrected chi connectivity index (χ4v) is 6.47. The van der Waals surface area contributed by atoms with Crippen LogP contribution in [-0.4, -0.2) is 48.2 Å². The Morgan fingerprint density at radius 2 is 1.94 bits per heavy atom. The number of hydrogen-bond acceptors (Lipinski definition) is 6. The number of anilines is 1. The Morgan fingerprint density at radius 1 is 1.13 bits per heavy atom. The molecule has 0 fully saturated rings. The normalized spacial score (nSPS) is 15.3. The number of amides is 1. The van der Waals surface area contributed by atoms with Crippen molar-refractivity contribution in [2.45, 2.75) is 70.4 Å². The number of methoxy groups -OCH3 is 1. The van der Waals surface area contributed by atoms with Gasteiger partial charge in [0, 0.05) is 44.6 Å². The number of pyridine rings is 1. The van der Waals surface area contributed by atoms with E-state index < -0.39 is 19.7 Å². The van der Waals surface area contributed by atoms with Crippen LogP contribution in [0.3, 0.4) is 0 Å². The average molecular weight is 681 g/mol. The Bertz CT molecular complexity index is 1760. The molecular weight excluding hydrogens is 642 g/mol. The Balaban J connectivity index is 1.57. The minimum absolute atomic E-state index is 0.0665. The molecular formula is C35H39ClF2N4O4Si. The summed E-state index contributed by atoms with van der Waals surface area (Å²) >= 11 is 5.95. The van der Waals surface area contributed by atoms with E-state index in [-0.39, 0.29) is 47.1 Å². The van der Waals surface area contributed by atoms with Gasteiger partial charge in [-0.1, -0.05) is 55.9 Å². The summed E-state index contributed by atoms with van der Waals surface area (Å²) in [5.41, 5.74) is 3.29. The zero-order valence-corrected chi connectivity index (χ0v) is 28.8. The number of aromatic nitrogens is 3. The summed E-state index contributed by atoms with van der Waals surface area (Å²) in [7, 11) is 0.0173. The molecule has 0 spiro atoms. The van der Waals surface area contributed by atoms with Crippen molar-refractivity contribution >= 4 is 37.2 Å². The minimum Gasteiger partial charge on any atom is -0.469 e. The first kappa shape index (κ1) is 34.4. The van der Waals surface area contributed by atoms with Crippen LogP contribution in [0.25, 0.3) is 22.4 Å². The monoisotopic (exact) mass is 680 g/mol. The summed E-state index contributed by atoms with van der Waals surface area (Å²) in [6, 6.07) is 12.2. The lowest BCUT2D eigenvalue weighted by atomic mass is 9.95. The standard InChI is InChI=1S/C35H39ClF2N4O4Si/c1-45-32(44)18-22-9-11-24-29(17-22)40-31(43)8-6-5-7-25(35-41-30(24)20-42(35)21-46-15-16-47(2,3)4)28-14-10-23(19-39-28)33-27(37)13-12-26(36)34(33)38/h9-14,17,19-20,25H,5-8,15-16,18,21H2,1-4H3,(H,40,43). The van der Waals surface area contributed by atoms with Crippen LogP contribution < -0.4 is 5.32 Å². The Labute approximate surface area is 279 Å². The van der Waals surface area contributed by atoms with Gasteiger partial charge >= 0.3 is 5.97 Å². The first-order valence-corrected chi connectivity index (χ1v) is 19.8. The van der Waals surface area contributed by atoms with Crippen molar-refractivity contribution < 1.29 is 27.8 Å². The summed E-state index contributed by atoms with van der Waals surface area (Å²) in [5, 5.41) is 2.85. The van der Waals surface area contributed by atoms with Gasteiger partial charge in [-0.05, 0) is 48.7 Å². The van der Waals surface area contributed by atoms with Crippen LogP contribution in [0.15, 0.2) is 54.9 Å². The van der Waals surface area contributed by atoms with Gasteiger partial charge in [0.2, 0.25) is 5.91 Å². The number of hydrogen-bond donors (Lipinski definition) is 1. The molecule has 8 nitrogen and oxygen atoms in total. The van der Waals surface area contributed by atoms with Gasteiger partial charge in [0.05, 0.1) is 47.1 Å². The zero-order valence-electron chi connectivity index (χ0n) is 27.0. The second-order valence-electron chi connectivity index (χ2n) is 13.0. The van der Waals surface area contributed by atoms with Crippen LogP contribution in [0.2, 0.25) is 30.7 Å². The van der Waals surface area contributed by atoms with Gasteiger partial charge in [0.25, 0.3) is 0 Å². The summed E-state index contributed by atoms with van der Waals surface area (Å²) in [4.78, 5) is 34.8. The summed E-state index contributed by atoms with van der Waals surface area (Å²) in [5.74, 6) is -1.65. The van der Waals surface area contributed by atoms with Gasteiger partial charge in [0.1, 0.15) is 18.4 Å². The van der Waals surface area contributed by atoms with Crippen molar-refractivity contribution in [2.75, 3.05) is 19.0 Å². The second kappa shape index (κ2) is 14.9.